The number of benzene rings is 2. The second-order valence-corrected chi connectivity index (χ2v) is 9.21. The first-order chi connectivity index (χ1) is 15.0. The number of nitrogens with one attached hydrogen (secondary N) is 1. The molecule has 0 radical (unpaired) electrons. The molecule has 3 rings (SSSR count). The molecular weight excluding hydrogens is 432 g/mol. The number of hydrogen-bond donors (Lipinski definition) is 1. The highest BCUT2D eigenvalue weighted by molar-refractivity contribution is 8.02. The molecule has 0 fully saturated rings. The van der Waals surface area contributed by atoms with Gasteiger partial charge in [-0.3, -0.25) is 10.1 Å². The minimum Gasteiger partial charge on any atom is -0.450 e. The minimum absolute atomic E-state index is 0.00723. The van der Waals surface area contributed by atoms with Crippen LogP contribution < -0.4 is 5.32 Å². The standard InChI is InChI=1S/C22H24N4O3S2/c1-3-29-21(28)23-20-24-25-22(31-20)30-16(2)19(27)26(14-17-10-6-4-7-11-17)15-18-12-8-5-9-13-18/h4-13,16H,3,14-15H2,1-2H3,(H,23,24,28). The van der Waals surface area contributed by atoms with Gasteiger partial charge in [-0.25, -0.2) is 4.79 Å². The van der Waals surface area contributed by atoms with Crippen LogP contribution >= 0.6 is 23.1 Å². The van der Waals surface area contributed by atoms with Crippen LogP contribution in [0.5, 0.6) is 0 Å². The van der Waals surface area contributed by atoms with E-state index in [1.807, 2.05) is 72.5 Å². The number of carbonyl (C=O) groups is 2. The highest BCUT2D eigenvalue weighted by Crippen LogP contribution is 2.30. The number of aromatic nitrogens is 2. The van der Waals surface area contributed by atoms with Gasteiger partial charge in [0.25, 0.3) is 0 Å². The van der Waals surface area contributed by atoms with Crippen molar-refractivity contribution in [3.63, 3.8) is 0 Å². The number of thioether (sulfide) groups is 1. The van der Waals surface area contributed by atoms with E-state index in [0.29, 0.717) is 22.6 Å². The van der Waals surface area contributed by atoms with Crippen molar-refractivity contribution in [2.75, 3.05) is 11.9 Å². The summed E-state index contributed by atoms with van der Waals surface area (Å²) in [6.07, 6.45) is -0.573. The normalized spacial score (nSPS) is 11.5. The second kappa shape index (κ2) is 11.5. The molecule has 0 aliphatic heterocycles. The zero-order valence-corrected chi connectivity index (χ0v) is 19.0. The Morgan fingerprint density at radius 1 is 1.03 bits per heavy atom. The molecule has 3 aromatic rings. The van der Waals surface area contributed by atoms with E-state index >= 15 is 0 Å². The molecule has 1 aromatic heterocycles. The maximum absolute atomic E-state index is 13.3. The van der Waals surface area contributed by atoms with Crippen molar-refractivity contribution in [3.05, 3.63) is 71.8 Å². The lowest BCUT2D eigenvalue weighted by Gasteiger charge is -2.25. The minimum atomic E-state index is -0.573. The average Bonchev–Trinajstić information content (AvgIpc) is 3.20. The lowest BCUT2D eigenvalue weighted by molar-refractivity contribution is -0.131. The van der Waals surface area contributed by atoms with Crippen molar-refractivity contribution in [3.8, 4) is 0 Å². The van der Waals surface area contributed by atoms with Crippen LogP contribution in [0.1, 0.15) is 25.0 Å². The quantitative estimate of drug-likeness (QED) is 0.367. The van der Waals surface area contributed by atoms with Gasteiger partial charge in [-0.1, -0.05) is 83.8 Å². The molecule has 2 amide bonds. The second-order valence-electron chi connectivity index (χ2n) is 6.64. The lowest BCUT2D eigenvalue weighted by atomic mass is 10.1. The van der Waals surface area contributed by atoms with E-state index < -0.39 is 6.09 Å². The van der Waals surface area contributed by atoms with Gasteiger partial charge in [-0.05, 0) is 25.0 Å². The predicted octanol–water partition coefficient (Wildman–Crippen LogP) is 4.82. The molecule has 0 saturated heterocycles. The Morgan fingerprint density at radius 3 is 2.16 bits per heavy atom. The van der Waals surface area contributed by atoms with Crippen LogP contribution in [0.2, 0.25) is 0 Å². The zero-order valence-electron chi connectivity index (χ0n) is 17.4. The summed E-state index contributed by atoms with van der Waals surface area (Å²) in [5.41, 5.74) is 2.14. The van der Waals surface area contributed by atoms with E-state index in [9.17, 15) is 9.59 Å². The van der Waals surface area contributed by atoms with Gasteiger partial charge in [0.2, 0.25) is 11.0 Å². The maximum atomic E-state index is 13.3. The number of nitrogens with zero attached hydrogens (tertiary/aromatic N) is 3. The van der Waals surface area contributed by atoms with Crippen LogP contribution in [-0.4, -0.2) is 39.0 Å². The summed E-state index contributed by atoms with van der Waals surface area (Å²) in [4.78, 5) is 26.7. The van der Waals surface area contributed by atoms with Gasteiger partial charge in [0.15, 0.2) is 4.34 Å². The third kappa shape index (κ3) is 7.08. The fourth-order valence-electron chi connectivity index (χ4n) is 2.84. The summed E-state index contributed by atoms with van der Waals surface area (Å²) < 4.78 is 5.44. The molecular formula is C22H24N4O3S2. The number of amides is 2. The fraction of sp³-hybridized carbons (Fsp3) is 0.273. The first-order valence-corrected chi connectivity index (χ1v) is 11.6. The smallest absolute Gasteiger partial charge is 0.413 e. The number of anilines is 1. The van der Waals surface area contributed by atoms with Crippen LogP contribution in [0.3, 0.4) is 0 Å². The molecule has 2 aromatic carbocycles. The molecule has 1 atom stereocenters. The van der Waals surface area contributed by atoms with E-state index in [-0.39, 0.29) is 17.8 Å². The Balaban J connectivity index is 1.68. The van der Waals surface area contributed by atoms with Crippen molar-refractivity contribution in [1.82, 2.24) is 15.1 Å². The molecule has 0 bridgehead atoms. The third-order valence-electron chi connectivity index (χ3n) is 4.26. The Morgan fingerprint density at radius 2 is 1.61 bits per heavy atom. The monoisotopic (exact) mass is 456 g/mol. The molecule has 1 unspecified atom stereocenters. The van der Waals surface area contributed by atoms with Crippen LogP contribution in [-0.2, 0) is 22.6 Å². The third-order valence-corrected chi connectivity index (χ3v) is 6.27. The Hall–Kier alpha value is -2.91. The highest BCUT2D eigenvalue weighted by atomic mass is 32.2. The van der Waals surface area contributed by atoms with Gasteiger partial charge in [0.1, 0.15) is 0 Å². The number of ether oxygens (including phenoxy) is 1. The largest absolute Gasteiger partial charge is 0.450 e. The molecule has 9 heteroatoms. The van der Waals surface area contributed by atoms with Crippen molar-refractivity contribution in [2.45, 2.75) is 36.5 Å². The summed E-state index contributed by atoms with van der Waals surface area (Å²) in [7, 11) is 0. The Kier molecular flexibility index (Phi) is 8.43. The number of hydrogen-bond acceptors (Lipinski definition) is 7. The van der Waals surface area contributed by atoms with Gasteiger partial charge >= 0.3 is 6.09 Å². The summed E-state index contributed by atoms with van der Waals surface area (Å²) in [6, 6.07) is 19.9. The number of carbonyl (C=O) groups excluding carboxylic acids is 2. The van der Waals surface area contributed by atoms with E-state index in [1.165, 1.54) is 23.1 Å². The molecule has 31 heavy (non-hydrogen) atoms. The van der Waals surface area contributed by atoms with Crippen LogP contribution in [0.25, 0.3) is 0 Å². The topological polar surface area (TPSA) is 84.4 Å². The molecule has 0 saturated carbocycles. The molecule has 162 valence electrons. The Bertz CT molecular complexity index is 941. The van der Waals surface area contributed by atoms with Gasteiger partial charge in [-0.15, -0.1) is 10.2 Å². The molecule has 0 aliphatic carbocycles. The van der Waals surface area contributed by atoms with Crippen molar-refractivity contribution < 1.29 is 14.3 Å². The first kappa shape index (κ1) is 22.8. The Labute approximate surface area is 189 Å². The van der Waals surface area contributed by atoms with E-state index in [2.05, 4.69) is 15.5 Å². The van der Waals surface area contributed by atoms with Crippen LogP contribution in [0.15, 0.2) is 65.0 Å². The van der Waals surface area contributed by atoms with Crippen LogP contribution in [0.4, 0.5) is 9.93 Å². The van der Waals surface area contributed by atoms with E-state index in [1.54, 1.807) is 6.92 Å². The molecule has 7 nitrogen and oxygen atoms in total. The van der Waals surface area contributed by atoms with Crippen molar-refractivity contribution >= 4 is 40.2 Å². The molecule has 0 aliphatic rings. The van der Waals surface area contributed by atoms with Crippen molar-refractivity contribution in [2.24, 2.45) is 0 Å². The molecule has 0 spiro atoms. The predicted molar refractivity (Wildman–Crippen MR) is 123 cm³/mol. The lowest BCUT2D eigenvalue weighted by Crippen LogP contribution is -2.35. The van der Waals surface area contributed by atoms with Gasteiger partial charge < -0.3 is 9.64 Å². The summed E-state index contributed by atoms with van der Waals surface area (Å²) in [5, 5.41) is 10.5. The van der Waals surface area contributed by atoms with Gasteiger partial charge in [-0.2, -0.15) is 0 Å². The van der Waals surface area contributed by atoms with Gasteiger partial charge in [0.05, 0.1) is 11.9 Å². The maximum Gasteiger partial charge on any atom is 0.413 e. The zero-order chi connectivity index (χ0) is 22.1. The van der Waals surface area contributed by atoms with Crippen LogP contribution in [0, 0.1) is 0 Å². The highest BCUT2D eigenvalue weighted by Gasteiger charge is 2.24. The molecule has 1 N–H and O–H groups in total. The summed E-state index contributed by atoms with van der Waals surface area (Å²) in [6.45, 7) is 4.90. The van der Waals surface area contributed by atoms with E-state index in [4.69, 9.17) is 4.74 Å². The fourth-order valence-corrected chi connectivity index (χ4v) is 4.81. The summed E-state index contributed by atoms with van der Waals surface area (Å²) >= 11 is 2.53. The number of rotatable bonds is 9. The summed E-state index contributed by atoms with van der Waals surface area (Å²) in [5.74, 6) is 0.00723. The SMILES string of the molecule is CCOC(=O)Nc1nnc(SC(C)C(=O)N(Cc2ccccc2)Cc2ccccc2)s1. The molecule has 1 heterocycles. The average molecular weight is 457 g/mol. The van der Waals surface area contributed by atoms with Crippen molar-refractivity contribution in [1.29, 1.82) is 0 Å². The van der Waals surface area contributed by atoms with Gasteiger partial charge in [0, 0.05) is 13.1 Å². The van der Waals surface area contributed by atoms with E-state index in [0.717, 1.165) is 11.1 Å². The first-order valence-electron chi connectivity index (χ1n) is 9.85.